The van der Waals surface area contributed by atoms with Gasteiger partial charge in [0.25, 0.3) is 5.88 Å². The molecule has 0 atom stereocenters. The third kappa shape index (κ3) is 4.19. The van der Waals surface area contributed by atoms with Gasteiger partial charge in [-0.2, -0.15) is 13.2 Å². The van der Waals surface area contributed by atoms with Gasteiger partial charge in [-0.05, 0) is 12.5 Å². The van der Waals surface area contributed by atoms with E-state index in [1.54, 1.807) is 0 Å². The molecular weight excluding hydrogens is 258 g/mol. The lowest BCUT2D eigenvalue weighted by molar-refractivity contribution is -0.136. The summed E-state index contributed by atoms with van der Waals surface area (Å²) < 4.78 is 53.5. The van der Waals surface area contributed by atoms with Gasteiger partial charge in [0.1, 0.15) is 5.56 Å². The van der Waals surface area contributed by atoms with Crippen molar-refractivity contribution in [1.82, 2.24) is 4.98 Å². The summed E-state index contributed by atoms with van der Waals surface area (Å²) in [5, 5.41) is 8.60. The minimum atomic E-state index is -4.31. The molecule has 0 aliphatic rings. The van der Waals surface area contributed by atoms with Gasteiger partial charge in [-0.15, -0.1) is 0 Å². The number of pyridine rings is 1. The van der Waals surface area contributed by atoms with Gasteiger partial charge in [-0.3, -0.25) is 0 Å². The first-order valence-electron chi connectivity index (χ1n) is 4.88. The largest absolute Gasteiger partial charge is 0.478 e. The summed E-state index contributed by atoms with van der Waals surface area (Å²) in [6.45, 7) is -0.396. The molecule has 0 bridgehead atoms. The SMILES string of the molecule is O=C(O)c1ccnc(OCCCC(F)(F)F)c1F. The van der Waals surface area contributed by atoms with Crippen LogP contribution in [0.3, 0.4) is 0 Å². The number of carboxylic acid groups (broad SMARTS) is 1. The molecule has 0 amide bonds. The lowest BCUT2D eigenvalue weighted by Gasteiger charge is -2.08. The Labute approximate surface area is 99.2 Å². The molecule has 1 aromatic rings. The highest BCUT2D eigenvalue weighted by Crippen LogP contribution is 2.22. The monoisotopic (exact) mass is 267 g/mol. The highest BCUT2D eigenvalue weighted by atomic mass is 19.4. The van der Waals surface area contributed by atoms with E-state index in [1.807, 2.05) is 0 Å². The molecule has 0 saturated heterocycles. The van der Waals surface area contributed by atoms with E-state index in [1.165, 1.54) is 0 Å². The van der Waals surface area contributed by atoms with E-state index < -0.39 is 42.4 Å². The van der Waals surface area contributed by atoms with E-state index >= 15 is 0 Å². The highest BCUT2D eigenvalue weighted by molar-refractivity contribution is 5.88. The van der Waals surface area contributed by atoms with E-state index in [2.05, 4.69) is 9.72 Å². The summed E-state index contributed by atoms with van der Waals surface area (Å²) in [5.41, 5.74) is -0.643. The second-order valence-corrected chi connectivity index (χ2v) is 3.35. The Kier molecular flexibility index (Phi) is 4.46. The zero-order valence-corrected chi connectivity index (χ0v) is 9.00. The van der Waals surface area contributed by atoms with Crippen LogP contribution in [0.15, 0.2) is 12.3 Å². The maximum absolute atomic E-state index is 13.4. The Bertz CT molecular complexity index is 434. The van der Waals surface area contributed by atoms with Crippen LogP contribution >= 0.6 is 0 Å². The number of alkyl halides is 3. The first kappa shape index (κ1) is 14.2. The molecule has 1 aromatic heterocycles. The first-order chi connectivity index (χ1) is 8.31. The maximum atomic E-state index is 13.4. The molecule has 4 nitrogen and oxygen atoms in total. The molecule has 0 unspecified atom stereocenters. The standard InChI is InChI=1S/C10H9F4NO3/c11-7-6(9(16)17)2-4-15-8(7)18-5-1-3-10(12,13)14/h2,4H,1,3,5H2,(H,16,17). The zero-order chi connectivity index (χ0) is 13.8. The number of ether oxygens (including phenoxy) is 1. The van der Waals surface area contributed by atoms with Gasteiger partial charge in [0.2, 0.25) is 0 Å². The molecule has 100 valence electrons. The number of carbonyl (C=O) groups is 1. The lowest BCUT2D eigenvalue weighted by atomic mass is 10.2. The Morgan fingerprint density at radius 1 is 1.44 bits per heavy atom. The number of hydrogen-bond donors (Lipinski definition) is 1. The predicted molar refractivity (Wildman–Crippen MR) is 51.9 cm³/mol. The fraction of sp³-hybridized carbons (Fsp3) is 0.400. The van der Waals surface area contributed by atoms with E-state index in [4.69, 9.17) is 5.11 Å². The van der Waals surface area contributed by atoms with Crippen molar-refractivity contribution in [2.45, 2.75) is 19.0 Å². The van der Waals surface area contributed by atoms with E-state index in [9.17, 15) is 22.4 Å². The molecule has 18 heavy (non-hydrogen) atoms. The summed E-state index contributed by atoms with van der Waals surface area (Å²) in [4.78, 5) is 14.0. The van der Waals surface area contributed by atoms with Crippen molar-refractivity contribution >= 4 is 5.97 Å². The second-order valence-electron chi connectivity index (χ2n) is 3.35. The van der Waals surface area contributed by atoms with Crippen LogP contribution in [-0.4, -0.2) is 28.8 Å². The fourth-order valence-electron chi connectivity index (χ4n) is 1.13. The van der Waals surface area contributed by atoms with Gasteiger partial charge < -0.3 is 9.84 Å². The number of aromatic nitrogens is 1. The van der Waals surface area contributed by atoms with Crippen molar-refractivity contribution in [1.29, 1.82) is 0 Å². The number of halogens is 4. The molecule has 0 aliphatic heterocycles. The fourth-order valence-corrected chi connectivity index (χ4v) is 1.13. The average molecular weight is 267 g/mol. The third-order valence-electron chi connectivity index (χ3n) is 1.93. The van der Waals surface area contributed by atoms with Gasteiger partial charge >= 0.3 is 12.1 Å². The lowest BCUT2D eigenvalue weighted by Crippen LogP contribution is -2.11. The van der Waals surface area contributed by atoms with Gasteiger partial charge in [0, 0.05) is 12.6 Å². The van der Waals surface area contributed by atoms with E-state index in [0.717, 1.165) is 12.3 Å². The summed E-state index contributed by atoms with van der Waals surface area (Å²) in [6.07, 6.45) is -4.72. The van der Waals surface area contributed by atoms with Gasteiger partial charge in [0.05, 0.1) is 6.61 Å². The van der Waals surface area contributed by atoms with Crippen LogP contribution in [0.1, 0.15) is 23.2 Å². The molecule has 0 spiro atoms. The van der Waals surface area contributed by atoms with E-state index in [-0.39, 0.29) is 6.42 Å². The summed E-state index contributed by atoms with van der Waals surface area (Å²) >= 11 is 0. The van der Waals surface area contributed by atoms with Gasteiger partial charge in [0.15, 0.2) is 5.82 Å². The van der Waals surface area contributed by atoms with Crippen LogP contribution in [0.2, 0.25) is 0 Å². The van der Waals surface area contributed by atoms with Crippen LogP contribution in [0, 0.1) is 5.82 Å². The van der Waals surface area contributed by atoms with Crippen LogP contribution < -0.4 is 4.74 Å². The number of rotatable bonds is 5. The topological polar surface area (TPSA) is 59.4 Å². The van der Waals surface area contributed by atoms with Crippen molar-refractivity contribution in [3.05, 3.63) is 23.6 Å². The Morgan fingerprint density at radius 2 is 2.11 bits per heavy atom. The van der Waals surface area contributed by atoms with Crippen LogP contribution in [0.25, 0.3) is 0 Å². The first-order valence-corrected chi connectivity index (χ1v) is 4.88. The van der Waals surface area contributed by atoms with Crippen LogP contribution in [0.4, 0.5) is 17.6 Å². The zero-order valence-electron chi connectivity index (χ0n) is 9.00. The van der Waals surface area contributed by atoms with Crippen molar-refractivity contribution in [2.75, 3.05) is 6.61 Å². The van der Waals surface area contributed by atoms with Gasteiger partial charge in [-0.25, -0.2) is 14.2 Å². The molecule has 0 saturated carbocycles. The Balaban J connectivity index is 2.58. The quantitative estimate of drug-likeness (QED) is 0.658. The maximum Gasteiger partial charge on any atom is 0.389 e. The average Bonchev–Trinajstić information content (AvgIpc) is 2.24. The van der Waals surface area contributed by atoms with Crippen molar-refractivity contribution < 1.29 is 32.2 Å². The minimum Gasteiger partial charge on any atom is -0.478 e. The minimum absolute atomic E-state index is 0.359. The van der Waals surface area contributed by atoms with Crippen LogP contribution in [-0.2, 0) is 0 Å². The molecule has 1 N–H and O–H groups in total. The number of aromatic carboxylic acids is 1. The number of nitrogens with zero attached hydrogens (tertiary/aromatic N) is 1. The molecule has 0 radical (unpaired) electrons. The summed E-state index contributed by atoms with van der Waals surface area (Å²) in [5.74, 6) is -3.32. The number of hydrogen-bond acceptors (Lipinski definition) is 3. The summed E-state index contributed by atoms with van der Waals surface area (Å²) in [7, 11) is 0. The molecular formula is C10H9F4NO3. The summed E-state index contributed by atoms with van der Waals surface area (Å²) in [6, 6.07) is 0.931. The van der Waals surface area contributed by atoms with Gasteiger partial charge in [-0.1, -0.05) is 0 Å². The second kappa shape index (κ2) is 5.65. The molecule has 0 aliphatic carbocycles. The highest BCUT2D eigenvalue weighted by Gasteiger charge is 2.26. The molecule has 8 heteroatoms. The predicted octanol–water partition coefficient (Wildman–Crippen LogP) is 2.64. The normalized spacial score (nSPS) is 11.3. The van der Waals surface area contributed by atoms with Crippen LogP contribution in [0.5, 0.6) is 5.88 Å². The Morgan fingerprint density at radius 3 is 2.67 bits per heavy atom. The van der Waals surface area contributed by atoms with Crippen molar-refractivity contribution in [3.8, 4) is 5.88 Å². The smallest absolute Gasteiger partial charge is 0.389 e. The van der Waals surface area contributed by atoms with Crippen molar-refractivity contribution in [2.24, 2.45) is 0 Å². The molecule has 1 rings (SSSR count). The molecule has 0 fully saturated rings. The third-order valence-corrected chi connectivity index (χ3v) is 1.93. The molecule has 1 heterocycles. The molecule has 0 aromatic carbocycles. The van der Waals surface area contributed by atoms with E-state index in [0.29, 0.717) is 0 Å². The Hall–Kier alpha value is -1.86. The van der Waals surface area contributed by atoms with Crippen molar-refractivity contribution in [3.63, 3.8) is 0 Å². The number of carboxylic acids is 1.